The van der Waals surface area contributed by atoms with Crippen molar-refractivity contribution in [3.63, 3.8) is 0 Å². The number of methoxy groups -OCH3 is 1. The minimum atomic E-state index is -0.264. The van der Waals surface area contributed by atoms with E-state index in [0.29, 0.717) is 11.7 Å². The zero-order valence-electron chi connectivity index (χ0n) is 17.8. The molecule has 3 heterocycles. The number of fused-ring (bicyclic) bond motifs is 4. The summed E-state index contributed by atoms with van der Waals surface area (Å²) in [5.74, 6) is 0.908. The van der Waals surface area contributed by atoms with E-state index in [9.17, 15) is 4.79 Å². The molecule has 5 rings (SSSR count). The molecule has 7 heteroatoms. The van der Waals surface area contributed by atoms with Crippen LogP contribution in [0.1, 0.15) is 23.6 Å². The van der Waals surface area contributed by atoms with Crippen LogP contribution in [0.15, 0.2) is 53.7 Å². The second kappa shape index (κ2) is 7.89. The van der Waals surface area contributed by atoms with Crippen LogP contribution in [-0.2, 0) is 17.8 Å². The third-order valence-corrected chi connectivity index (χ3v) is 6.98. The number of nitrogens with zero attached hydrogens (tertiary/aromatic N) is 4. The van der Waals surface area contributed by atoms with E-state index in [4.69, 9.17) is 4.74 Å². The maximum Gasteiger partial charge on any atom is 0.236 e. The van der Waals surface area contributed by atoms with Crippen molar-refractivity contribution in [2.75, 3.05) is 13.7 Å². The molecule has 6 nitrogen and oxygen atoms in total. The normalized spacial score (nSPS) is 14.6. The second-order valence-electron chi connectivity index (χ2n) is 7.93. The van der Waals surface area contributed by atoms with Crippen molar-refractivity contribution >= 4 is 34.2 Å². The average Bonchev–Trinajstić information content (AvgIpc) is 3.20. The number of hydrogen-bond donors (Lipinski definition) is 0. The summed E-state index contributed by atoms with van der Waals surface area (Å²) in [4.78, 5) is 15.2. The van der Waals surface area contributed by atoms with Crippen molar-refractivity contribution in [3.05, 3.63) is 65.2 Å². The van der Waals surface area contributed by atoms with Crippen LogP contribution in [0.5, 0.6) is 5.75 Å². The lowest BCUT2D eigenvalue weighted by Crippen LogP contribution is -2.40. The lowest BCUT2D eigenvalue weighted by molar-refractivity contribution is -0.131. The van der Waals surface area contributed by atoms with Crippen LogP contribution in [0, 0.1) is 6.92 Å². The molecule has 0 aliphatic carbocycles. The van der Waals surface area contributed by atoms with Gasteiger partial charge in [0.25, 0.3) is 0 Å². The molecular weight excluding hydrogens is 408 g/mol. The summed E-state index contributed by atoms with van der Waals surface area (Å²) in [5.41, 5.74) is 5.46. The first-order valence-electron chi connectivity index (χ1n) is 10.4. The lowest BCUT2D eigenvalue weighted by Gasteiger charge is -2.30. The molecule has 4 aromatic rings. The van der Waals surface area contributed by atoms with E-state index >= 15 is 0 Å². The van der Waals surface area contributed by atoms with Crippen LogP contribution in [0.25, 0.3) is 16.6 Å². The molecule has 158 valence electrons. The third kappa shape index (κ3) is 3.53. The first-order chi connectivity index (χ1) is 15.0. The second-order valence-corrected chi connectivity index (χ2v) is 9.23. The minimum absolute atomic E-state index is 0.130. The number of amides is 1. The maximum atomic E-state index is 13.2. The topological polar surface area (TPSA) is 59.7 Å². The zero-order chi connectivity index (χ0) is 21.5. The summed E-state index contributed by atoms with van der Waals surface area (Å²) >= 11 is 1.45. The molecule has 31 heavy (non-hydrogen) atoms. The van der Waals surface area contributed by atoms with Crippen molar-refractivity contribution < 1.29 is 9.53 Å². The van der Waals surface area contributed by atoms with Gasteiger partial charge >= 0.3 is 0 Å². The van der Waals surface area contributed by atoms with E-state index in [2.05, 4.69) is 41.4 Å². The van der Waals surface area contributed by atoms with Crippen LogP contribution in [0.2, 0.25) is 0 Å². The highest BCUT2D eigenvalue weighted by Crippen LogP contribution is 2.31. The van der Waals surface area contributed by atoms with Crippen LogP contribution in [0.3, 0.4) is 0 Å². The number of hydrogen-bond acceptors (Lipinski definition) is 5. The minimum Gasteiger partial charge on any atom is -0.497 e. The molecule has 1 atom stereocenters. The van der Waals surface area contributed by atoms with Gasteiger partial charge in [-0.1, -0.05) is 36.0 Å². The molecule has 0 bridgehead atoms. The molecule has 2 aromatic carbocycles. The SMILES string of the molecule is COc1ccc2c(C)cc3nnc(SC(C)C(=O)N4CCc5ccccc5C4)n3c2c1. The number of carbonyl (C=O) groups is 1. The smallest absolute Gasteiger partial charge is 0.236 e. The molecule has 1 aliphatic heterocycles. The van der Waals surface area contributed by atoms with Crippen molar-refractivity contribution in [1.82, 2.24) is 19.5 Å². The van der Waals surface area contributed by atoms with Gasteiger partial charge in [0.1, 0.15) is 5.75 Å². The first kappa shape index (κ1) is 19.9. The van der Waals surface area contributed by atoms with Gasteiger partial charge < -0.3 is 9.64 Å². The standard InChI is InChI=1S/C24H24N4O2S/c1-15-12-22-25-26-24(28(22)21-13-19(30-3)8-9-20(15)21)31-16(2)23(29)27-11-10-17-6-4-5-7-18(17)14-27/h4-9,12-13,16H,10-11,14H2,1-3H3. The Labute approximate surface area is 185 Å². The predicted molar refractivity (Wildman–Crippen MR) is 123 cm³/mol. The number of ether oxygens (including phenoxy) is 1. The van der Waals surface area contributed by atoms with Crippen molar-refractivity contribution in [2.45, 2.75) is 37.2 Å². The number of aryl methyl sites for hydroxylation is 1. The third-order valence-electron chi connectivity index (χ3n) is 5.95. The van der Waals surface area contributed by atoms with E-state index in [1.54, 1.807) is 7.11 Å². The highest BCUT2D eigenvalue weighted by atomic mass is 32.2. The molecule has 0 spiro atoms. The Morgan fingerprint density at radius 3 is 2.74 bits per heavy atom. The Kier molecular flexibility index (Phi) is 5.06. The maximum absolute atomic E-state index is 13.2. The van der Waals surface area contributed by atoms with E-state index in [1.165, 1.54) is 22.9 Å². The van der Waals surface area contributed by atoms with Gasteiger partial charge in [-0.2, -0.15) is 0 Å². The Morgan fingerprint density at radius 1 is 1.13 bits per heavy atom. The van der Waals surface area contributed by atoms with E-state index < -0.39 is 0 Å². The molecule has 0 fully saturated rings. The molecule has 1 unspecified atom stereocenters. The monoisotopic (exact) mass is 432 g/mol. The van der Waals surface area contributed by atoms with Gasteiger partial charge in [-0.25, -0.2) is 0 Å². The number of thioether (sulfide) groups is 1. The molecule has 2 aromatic heterocycles. The predicted octanol–water partition coefficient (Wildman–Crippen LogP) is 4.27. The van der Waals surface area contributed by atoms with Crippen molar-refractivity contribution in [3.8, 4) is 5.75 Å². The Balaban J connectivity index is 1.45. The summed E-state index contributed by atoms with van der Waals surface area (Å²) in [6.45, 7) is 5.43. The summed E-state index contributed by atoms with van der Waals surface area (Å²) in [6.07, 6.45) is 0.900. The van der Waals surface area contributed by atoms with E-state index in [-0.39, 0.29) is 11.2 Å². The first-order valence-corrected chi connectivity index (χ1v) is 11.3. The van der Waals surface area contributed by atoms with Crippen LogP contribution in [-0.4, -0.2) is 44.3 Å². The number of rotatable bonds is 4. The van der Waals surface area contributed by atoms with Gasteiger partial charge in [0, 0.05) is 24.5 Å². The van der Waals surface area contributed by atoms with Gasteiger partial charge in [-0.05, 0) is 55.2 Å². The summed E-state index contributed by atoms with van der Waals surface area (Å²) in [5, 5.41) is 10.3. The van der Waals surface area contributed by atoms with Gasteiger partial charge in [-0.3, -0.25) is 9.20 Å². The average molecular weight is 433 g/mol. The highest BCUT2D eigenvalue weighted by Gasteiger charge is 2.26. The lowest BCUT2D eigenvalue weighted by atomic mass is 10.00. The molecule has 1 aliphatic rings. The Hall–Kier alpha value is -3.06. The summed E-state index contributed by atoms with van der Waals surface area (Å²) < 4.78 is 7.45. The van der Waals surface area contributed by atoms with Crippen LogP contribution < -0.4 is 4.74 Å². The molecule has 1 amide bonds. The number of carbonyl (C=O) groups excluding carboxylic acids is 1. The molecule has 0 saturated carbocycles. The number of pyridine rings is 1. The fourth-order valence-electron chi connectivity index (χ4n) is 4.26. The van der Waals surface area contributed by atoms with Crippen molar-refractivity contribution in [2.24, 2.45) is 0 Å². The van der Waals surface area contributed by atoms with Crippen LogP contribution in [0.4, 0.5) is 0 Å². The van der Waals surface area contributed by atoms with E-state index in [1.807, 2.05) is 40.5 Å². The van der Waals surface area contributed by atoms with E-state index in [0.717, 1.165) is 40.8 Å². The summed E-state index contributed by atoms with van der Waals surface area (Å²) in [7, 11) is 1.66. The van der Waals surface area contributed by atoms with Crippen LogP contribution >= 0.6 is 11.8 Å². The fraction of sp³-hybridized carbons (Fsp3) is 0.292. The molecule has 0 saturated heterocycles. The molecule has 0 N–H and O–H groups in total. The molecule has 0 radical (unpaired) electrons. The zero-order valence-corrected chi connectivity index (χ0v) is 18.6. The van der Waals surface area contributed by atoms with Gasteiger partial charge in [0.2, 0.25) is 5.91 Å². The number of aromatic nitrogens is 3. The Bertz CT molecular complexity index is 1300. The molecular formula is C24H24N4O2S. The Morgan fingerprint density at radius 2 is 1.94 bits per heavy atom. The quantitative estimate of drug-likeness (QED) is 0.451. The van der Waals surface area contributed by atoms with Gasteiger partial charge in [-0.15, -0.1) is 10.2 Å². The highest BCUT2D eigenvalue weighted by molar-refractivity contribution is 8.00. The van der Waals surface area contributed by atoms with Crippen molar-refractivity contribution in [1.29, 1.82) is 0 Å². The summed E-state index contributed by atoms with van der Waals surface area (Å²) in [6, 6.07) is 16.4. The fourth-order valence-corrected chi connectivity index (χ4v) is 5.21. The largest absolute Gasteiger partial charge is 0.497 e. The van der Waals surface area contributed by atoms with Gasteiger partial charge in [0.05, 0.1) is 17.9 Å². The van der Waals surface area contributed by atoms with Gasteiger partial charge in [0.15, 0.2) is 10.8 Å². The number of benzene rings is 2.